The first kappa shape index (κ1) is 18.1. The molecule has 1 aromatic carbocycles. The van der Waals surface area contributed by atoms with Gasteiger partial charge in [-0.25, -0.2) is 0 Å². The molecule has 0 N–H and O–H groups in total. The zero-order valence-electron chi connectivity index (χ0n) is 14.1. The van der Waals surface area contributed by atoms with E-state index >= 15 is 0 Å². The number of carbonyl (C=O) groups is 2. The molecule has 2 rings (SSSR count). The van der Waals surface area contributed by atoms with E-state index in [0.29, 0.717) is 22.1 Å². The summed E-state index contributed by atoms with van der Waals surface area (Å²) >= 11 is 6.09. The molecule has 1 aliphatic heterocycles. The number of amides is 1. The van der Waals surface area contributed by atoms with Crippen molar-refractivity contribution in [2.45, 2.75) is 26.4 Å². The van der Waals surface area contributed by atoms with Crippen LogP contribution in [0.15, 0.2) is 18.2 Å². The van der Waals surface area contributed by atoms with E-state index in [1.165, 1.54) is 18.0 Å². The van der Waals surface area contributed by atoms with E-state index in [2.05, 4.69) is 0 Å². The number of hydrogen-bond donors (Lipinski definition) is 0. The number of rotatable bonds is 4. The first-order valence-corrected chi connectivity index (χ1v) is 7.78. The van der Waals surface area contributed by atoms with E-state index in [1.54, 1.807) is 39.0 Å². The van der Waals surface area contributed by atoms with Gasteiger partial charge in [-0.3, -0.25) is 9.59 Å². The second-order valence-corrected chi connectivity index (χ2v) is 6.76. The van der Waals surface area contributed by atoms with Crippen molar-refractivity contribution < 1.29 is 23.8 Å². The monoisotopic (exact) mass is 353 g/mol. The number of hydrogen-bond acceptors (Lipinski definition) is 5. The number of benzene rings is 1. The smallest absolute Gasteiger partial charge is 0.326 e. The predicted octanol–water partition coefficient (Wildman–Crippen LogP) is 2.88. The second-order valence-electron chi connectivity index (χ2n) is 6.35. The molecule has 1 aliphatic rings. The Hall–Kier alpha value is -2.21. The Bertz CT molecular complexity index is 678. The van der Waals surface area contributed by atoms with Gasteiger partial charge < -0.3 is 19.1 Å². The van der Waals surface area contributed by atoms with Gasteiger partial charge in [0, 0.05) is 13.1 Å². The van der Waals surface area contributed by atoms with Gasteiger partial charge in [-0.1, -0.05) is 11.6 Å². The molecule has 0 unspecified atom stereocenters. The summed E-state index contributed by atoms with van der Waals surface area (Å²) in [5, 5.41) is 0.416. The van der Waals surface area contributed by atoms with Crippen molar-refractivity contribution in [1.29, 1.82) is 0 Å². The Morgan fingerprint density at radius 3 is 2.71 bits per heavy atom. The lowest BCUT2D eigenvalue weighted by Gasteiger charge is -2.22. The van der Waals surface area contributed by atoms with E-state index in [4.69, 9.17) is 25.8 Å². The fourth-order valence-corrected chi connectivity index (χ4v) is 2.30. The van der Waals surface area contributed by atoms with Gasteiger partial charge in [-0.2, -0.15) is 0 Å². The Kier molecular flexibility index (Phi) is 5.39. The van der Waals surface area contributed by atoms with Gasteiger partial charge >= 0.3 is 5.97 Å². The molecule has 130 valence electrons. The first-order chi connectivity index (χ1) is 11.2. The van der Waals surface area contributed by atoms with Crippen LogP contribution < -0.4 is 9.47 Å². The van der Waals surface area contributed by atoms with Crippen molar-refractivity contribution in [3.05, 3.63) is 28.8 Å². The lowest BCUT2D eigenvalue weighted by Crippen LogP contribution is -2.35. The Morgan fingerprint density at radius 2 is 2.04 bits per heavy atom. The molecule has 7 heteroatoms. The molecule has 6 nitrogen and oxygen atoms in total. The van der Waals surface area contributed by atoms with Crippen LogP contribution in [0.2, 0.25) is 5.02 Å². The quantitative estimate of drug-likeness (QED) is 0.615. The molecule has 0 bridgehead atoms. The van der Waals surface area contributed by atoms with Crippen LogP contribution in [-0.2, 0) is 14.3 Å². The maximum absolute atomic E-state index is 12.1. The summed E-state index contributed by atoms with van der Waals surface area (Å²) in [4.78, 5) is 25.1. The summed E-state index contributed by atoms with van der Waals surface area (Å²) in [6, 6.07) is 3.40. The van der Waals surface area contributed by atoms with Gasteiger partial charge in [0.15, 0.2) is 11.5 Å². The van der Waals surface area contributed by atoms with E-state index in [-0.39, 0.29) is 19.2 Å². The maximum atomic E-state index is 12.1. The molecule has 0 atom stereocenters. The molecule has 0 radical (unpaired) electrons. The highest BCUT2D eigenvalue weighted by atomic mass is 35.5. The number of ether oxygens (including phenoxy) is 3. The Balaban J connectivity index is 1.97. The van der Waals surface area contributed by atoms with E-state index in [9.17, 15) is 9.59 Å². The highest BCUT2D eigenvalue weighted by molar-refractivity contribution is 6.32. The third kappa shape index (κ3) is 4.89. The average molecular weight is 354 g/mol. The van der Waals surface area contributed by atoms with E-state index < -0.39 is 11.6 Å². The van der Waals surface area contributed by atoms with Crippen LogP contribution in [0, 0.1) is 0 Å². The van der Waals surface area contributed by atoms with Crippen LogP contribution in [0.4, 0.5) is 0 Å². The van der Waals surface area contributed by atoms with Crippen LogP contribution in [0.1, 0.15) is 26.3 Å². The van der Waals surface area contributed by atoms with Crippen LogP contribution in [0.3, 0.4) is 0 Å². The average Bonchev–Trinajstić information content (AvgIpc) is 2.91. The molecule has 24 heavy (non-hydrogen) atoms. The van der Waals surface area contributed by atoms with Gasteiger partial charge in [0.25, 0.3) is 0 Å². The van der Waals surface area contributed by atoms with Crippen LogP contribution in [0.25, 0.3) is 6.08 Å². The van der Waals surface area contributed by atoms with Crippen LogP contribution in [0.5, 0.6) is 11.5 Å². The summed E-state index contributed by atoms with van der Waals surface area (Å²) < 4.78 is 15.7. The van der Waals surface area contributed by atoms with Gasteiger partial charge in [0.1, 0.15) is 12.1 Å². The summed E-state index contributed by atoms with van der Waals surface area (Å²) in [5.41, 5.74) is 0.114. The number of halogens is 1. The number of carbonyl (C=O) groups excluding carboxylic acids is 2. The zero-order chi connectivity index (χ0) is 17.9. The molecule has 0 fully saturated rings. The number of fused-ring (bicyclic) bond motifs is 1. The van der Waals surface area contributed by atoms with Crippen molar-refractivity contribution in [2.24, 2.45) is 0 Å². The molecule has 1 heterocycles. The summed E-state index contributed by atoms with van der Waals surface area (Å²) in [5.74, 6) is 0.256. The summed E-state index contributed by atoms with van der Waals surface area (Å²) in [6.07, 6.45) is 2.96. The van der Waals surface area contributed by atoms with Gasteiger partial charge in [0.2, 0.25) is 12.7 Å². The van der Waals surface area contributed by atoms with Crippen molar-refractivity contribution in [1.82, 2.24) is 4.90 Å². The lowest BCUT2D eigenvalue weighted by atomic mass is 10.2. The molecular formula is C17H20ClNO5. The fourth-order valence-electron chi connectivity index (χ4n) is 2.02. The summed E-state index contributed by atoms with van der Waals surface area (Å²) in [7, 11) is 1.53. The highest BCUT2D eigenvalue weighted by Gasteiger charge is 2.20. The van der Waals surface area contributed by atoms with Crippen LogP contribution in [-0.4, -0.2) is 42.8 Å². The van der Waals surface area contributed by atoms with Gasteiger partial charge in [-0.05, 0) is 44.5 Å². The van der Waals surface area contributed by atoms with Crippen molar-refractivity contribution in [2.75, 3.05) is 20.4 Å². The molecular weight excluding hydrogens is 334 g/mol. The molecule has 0 aromatic heterocycles. The second kappa shape index (κ2) is 7.13. The molecule has 0 aliphatic carbocycles. The van der Waals surface area contributed by atoms with Crippen LogP contribution >= 0.6 is 11.6 Å². The highest BCUT2D eigenvalue weighted by Crippen LogP contribution is 2.40. The third-order valence-electron chi connectivity index (χ3n) is 3.03. The predicted molar refractivity (Wildman–Crippen MR) is 90.1 cm³/mol. The topological polar surface area (TPSA) is 65.1 Å². The zero-order valence-corrected chi connectivity index (χ0v) is 14.8. The van der Waals surface area contributed by atoms with Crippen molar-refractivity contribution >= 4 is 29.6 Å². The fraction of sp³-hybridized carbons (Fsp3) is 0.412. The molecule has 0 spiro atoms. The SMILES string of the molecule is CN(CC(=O)OC(C)(C)C)C(=O)/C=C\c1cc(Cl)c2c(c1)OCO2. The minimum atomic E-state index is -0.583. The molecule has 0 saturated heterocycles. The van der Waals surface area contributed by atoms with Gasteiger partial charge in [0.05, 0.1) is 5.02 Å². The Labute approximate surface area is 145 Å². The van der Waals surface area contributed by atoms with Crippen molar-refractivity contribution in [3.8, 4) is 11.5 Å². The molecule has 1 aromatic rings. The third-order valence-corrected chi connectivity index (χ3v) is 3.31. The number of likely N-dealkylation sites (N-methyl/N-ethyl adjacent to an activating group) is 1. The Morgan fingerprint density at radius 1 is 1.33 bits per heavy atom. The lowest BCUT2D eigenvalue weighted by molar-refractivity contribution is -0.157. The van der Waals surface area contributed by atoms with Crippen molar-refractivity contribution in [3.63, 3.8) is 0 Å². The minimum absolute atomic E-state index is 0.123. The molecule has 0 saturated carbocycles. The largest absolute Gasteiger partial charge is 0.459 e. The van der Waals surface area contributed by atoms with E-state index in [0.717, 1.165) is 0 Å². The number of nitrogens with zero attached hydrogens (tertiary/aromatic N) is 1. The number of esters is 1. The first-order valence-electron chi connectivity index (χ1n) is 7.40. The molecule has 1 amide bonds. The normalized spacial score (nSPS) is 13.2. The summed E-state index contributed by atoms with van der Waals surface area (Å²) in [6.45, 7) is 5.32. The van der Waals surface area contributed by atoms with Gasteiger partial charge in [-0.15, -0.1) is 0 Å². The maximum Gasteiger partial charge on any atom is 0.326 e. The minimum Gasteiger partial charge on any atom is -0.459 e. The standard InChI is InChI=1S/C17H20ClNO5/c1-17(2,3)24-15(21)9-19(4)14(20)6-5-11-7-12(18)16-13(8-11)22-10-23-16/h5-8H,9-10H2,1-4H3/b6-5-. The van der Waals surface area contributed by atoms with E-state index in [1.807, 2.05) is 0 Å².